The molecule has 2 rings (SSSR count). The third-order valence-electron chi connectivity index (χ3n) is 2.69. The first-order chi connectivity index (χ1) is 9.52. The van der Waals surface area contributed by atoms with Crippen molar-refractivity contribution in [2.45, 2.75) is 6.92 Å². The van der Waals surface area contributed by atoms with Crippen LogP contribution in [0.2, 0.25) is 0 Å². The molecule has 0 radical (unpaired) electrons. The van der Waals surface area contributed by atoms with Crippen molar-refractivity contribution in [2.24, 2.45) is 0 Å². The average molecular weight is 333 g/mol. The van der Waals surface area contributed by atoms with Gasteiger partial charge in [0.05, 0.1) is 11.0 Å². The Morgan fingerprint density at radius 1 is 1.30 bits per heavy atom. The molecule has 0 atom stereocenters. The summed E-state index contributed by atoms with van der Waals surface area (Å²) in [5.74, 6) is 0.708. The van der Waals surface area contributed by atoms with Crippen LogP contribution >= 0.6 is 15.9 Å². The topological polar surface area (TPSA) is 76.2 Å². The zero-order chi connectivity index (χ0) is 14.7. The Hall–Kier alpha value is -2.39. The smallest absolute Gasteiger partial charge is 0.273 e. The molecule has 0 spiro atoms. The molecule has 0 fully saturated rings. The largest absolute Gasteiger partial charge is 0.455 e. The van der Waals surface area contributed by atoms with Crippen molar-refractivity contribution < 1.29 is 9.66 Å². The number of aryl methyl sites for hydroxylation is 1. The molecule has 0 aliphatic carbocycles. The maximum absolute atomic E-state index is 10.8. The molecule has 20 heavy (non-hydrogen) atoms. The van der Waals surface area contributed by atoms with Crippen LogP contribution in [0.4, 0.5) is 5.69 Å². The molecule has 6 heteroatoms. The molecular formula is C14H9BrN2O3. The number of nitrogens with zero attached hydrogens (tertiary/aromatic N) is 2. The molecular weight excluding hydrogens is 324 g/mol. The normalized spacial score (nSPS) is 9.85. The second-order valence-corrected chi connectivity index (χ2v) is 4.89. The molecule has 5 nitrogen and oxygen atoms in total. The molecule has 0 aliphatic rings. The molecule has 2 aromatic carbocycles. The van der Waals surface area contributed by atoms with Crippen LogP contribution in [-0.2, 0) is 0 Å². The fourth-order valence-electron chi connectivity index (χ4n) is 1.63. The number of nitro groups is 1. The highest BCUT2D eigenvalue weighted by molar-refractivity contribution is 9.10. The van der Waals surface area contributed by atoms with E-state index < -0.39 is 4.92 Å². The lowest BCUT2D eigenvalue weighted by molar-refractivity contribution is -0.384. The third kappa shape index (κ3) is 2.78. The van der Waals surface area contributed by atoms with Gasteiger partial charge in [-0.25, -0.2) is 0 Å². The van der Waals surface area contributed by atoms with E-state index in [4.69, 9.17) is 10.00 Å². The van der Waals surface area contributed by atoms with Crippen LogP contribution in [-0.4, -0.2) is 4.92 Å². The van der Waals surface area contributed by atoms with Crippen molar-refractivity contribution in [2.75, 3.05) is 0 Å². The van der Waals surface area contributed by atoms with Crippen molar-refractivity contribution in [1.82, 2.24) is 0 Å². The number of hydrogen-bond donors (Lipinski definition) is 0. The number of hydrogen-bond acceptors (Lipinski definition) is 4. The van der Waals surface area contributed by atoms with Gasteiger partial charge in [-0.1, -0.05) is 6.07 Å². The van der Waals surface area contributed by atoms with E-state index in [9.17, 15) is 10.1 Å². The van der Waals surface area contributed by atoms with Crippen LogP contribution in [0.25, 0.3) is 0 Å². The summed E-state index contributed by atoms with van der Waals surface area (Å²) in [4.78, 5) is 10.3. The fraction of sp³-hybridized carbons (Fsp3) is 0.0714. The summed E-state index contributed by atoms with van der Waals surface area (Å²) in [7, 11) is 0. The average Bonchev–Trinajstić information content (AvgIpc) is 2.41. The summed E-state index contributed by atoms with van der Waals surface area (Å²) in [6.45, 7) is 1.78. The summed E-state index contributed by atoms with van der Waals surface area (Å²) in [5, 5.41) is 19.9. The number of ether oxygens (including phenoxy) is 1. The molecule has 0 N–H and O–H groups in total. The highest BCUT2D eigenvalue weighted by atomic mass is 79.9. The van der Waals surface area contributed by atoms with E-state index in [1.54, 1.807) is 31.2 Å². The van der Waals surface area contributed by atoms with Crippen LogP contribution in [0.3, 0.4) is 0 Å². The van der Waals surface area contributed by atoms with Crippen molar-refractivity contribution in [3.05, 3.63) is 62.1 Å². The quantitative estimate of drug-likeness (QED) is 0.619. The highest BCUT2D eigenvalue weighted by Crippen LogP contribution is 2.33. The lowest BCUT2D eigenvalue weighted by Crippen LogP contribution is -1.94. The number of rotatable bonds is 3. The van der Waals surface area contributed by atoms with E-state index in [0.717, 1.165) is 5.56 Å². The van der Waals surface area contributed by atoms with Crippen LogP contribution in [0.5, 0.6) is 11.5 Å². The van der Waals surface area contributed by atoms with E-state index in [0.29, 0.717) is 21.5 Å². The summed E-state index contributed by atoms with van der Waals surface area (Å²) in [6, 6.07) is 11.5. The second kappa shape index (κ2) is 5.72. The first kappa shape index (κ1) is 14.0. The van der Waals surface area contributed by atoms with Crippen LogP contribution < -0.4 is 4.74 Å². The SMILES string of the molecule is Cc1ccc([N+](=O)[O-])cc1Oc1cccc(Br)c1C#N. The van der Waals surface area contributed by atoms with Crippen LogP contribution in [0.1, 0.15) is 11.1 Å². The first-order valence-electron chi connectivity index (χ1n) is 5.64. The van der Waals surface area contributed by atoms with E-state index in [-0.39, 0.29) is 5.69 Å². The Morgan fingerprint density at radius 3 is 2.70 bits per heavy atom. The van der Waals surface area contributed by atoms with Gasteiger partial charge < -0.3 is 4.74 Å². The Kier molecular flexibility index (Phi) is 4.01. The molecule has 0 saturated heterocycles. The molecule has 2 aromatic rings. The Morgan fingerprint density at radius 2 is 2.05 bits per heavy atom. The summed E-state index contributed by atoms with van der Waals surface area (Å²) in [6.07, 6.45) is 0. The zero-order valence-electron chi connectivity index (χ0n) is 10.5. The van der Waals surface area contributed by atoms with Gasteiger partial charge in [0.15, 0.2) is 0 Å². The number of benzene rings is 2. The Balaban J connectivity index is 2.45. The van der Waals surface area contributed by atoms with Crippen molar-refractivity contribution in [1.29, 1.82) is 5.26 Å². The molecule has 0 bridgehead atoms. The molecule has 0 aromatic heterocycles. The minimum atomic E-state index is -0.488. The standard InChI is InChI=1S/C14H9BrN2O3/c1-9-5-6-10(17(18)19)7-14(9)20-13-4-2-3-12(15)11(13)8-16/h2-7H,1H3. The molecule has 0 unspecified atom stereocenters. The first-order valence-corrected chi connectivity index (χ1v) is 6.43. The van der Waals surface area contributed by atoms with Crippen LogP contribution in [0.15, 0.2) is 40.9 Å². The number of non-ortho nitro benzene ring substituents is 1. The number of halogens is 1. The minimum absolute atomic E-state index is 0.0564. The predicted octanol–water partition coefficient (Wildman–Crippen LogP) is 4.33. The van der Waals surface area contributed by atoms with Gasteiger partial charge in [-0.05, 0) is 46.6 Å². The van der Waals surface area contributed by atoms with Gasteiger partial charge in [0.1, 0.15) is 23.1 Å². The van der Waals surface area contributed by atoms with Crippen molar-refractivity contribution in [3.8, 4) is 17.6 Å². The van der Waals surface area contributed by atoms with Gasteiger partial charge in [-0.15, -0.1) is 0 Å². The second-order valence-electron chi connectivity index (χ2n) is 4.03. The van der Waals surface area contributed by atoms with Gasteiger partial charge in [-0.3, -0.25) is 10.1 Å². The predicted molar refractivity (Wildman–Crippen MR) is 76.8 cm³/mol. The van der Waals surface area contributed by atoms with Gasteiger partial charge in [-0.2, -0.15) is 5.26 Å². The van der Waals surface area contributed by atoms with Gasteiger partial charge in [0, 0.05) is 10.5 Å². The van der Waals surface area contributed by atoms with Gasteiger partial charge in [0.2, 0.25) is 0 Å². The molecule has 0 aliphatic heterocycles. The lowest BCUT2D eigenvalue weighted by atomic mass is 10.2. The van der Waals surface area contributed by atoms with E-state index in [2.05, 4.69) is 15.9 Å². The summed E-state index contributed by atoms with van der Waals surface area (Å²) >= 11 is 3.27. The Labute approximate surface area is 123 Å². The fourth-order valence-corrected chi connectivity index (χ4v) is 2.07. The highest BCUT2D eigenvalue weighted by Gasteiger charge is 2.13. The van der Waals surface area contributed by atoms with E-state index in [1.807, 2.05) is 6.07 Å². The van der Waals surface area contributed by atoms with E-state index >= 15 is 0 Å². The summed E-state index contributed by atoms with van der Waals surface area (Å²) < 4.78 is 6.26. The molecule has 0 saturated carbocycles. The molecule has 0 amide bonds. The minimum Gasteiger partial charge on any atom is -0.455 e. The molecule has 100 valence electrons. The van der Waals surface area contributed by atoms with Crippen molar-refractivity contribution >= 4 is 21.6 Å². The Bertz CT molecular complexity index is 723. The lowest BCUT2D eigenvalue weighted by Gasteiger charge is -2.10. The van der Waals surface area contributed by atoms with Gasteiger partial charge in [0.25, 0.3) is 5.69 Å². The maximum atomic E-state index is 10.8. The maximum Gasteiger partial charge on any atom is 0.273 e. The number of nitro benzene ring substituents is 1. The van der Waals surface area contributed by atoms with Crippen molar-refractivity contribution in [3.63, 3.8) is 0 Å². The zero-order valence-corrected chi connectivity index (χ0v) is 12.0. The van der Waals surface area contributed by atoms with Gasteiger partial charge >= 0.3 is 0 Å². The number of nitriles is 1. The summed E-state index contributed by atoms with van der Waals surface area (Å²) in [5.41, 5.74) is 1.04. The van der Waals surface area contributed by atoms with E-state index in [1.165, 1.54) is 12.1 Å². The monoisotopic (exact) mass is 332 g/mol. The molecule has 0 heterocycles. The van der Waals surface area contributed by atoms with Crippen LogP contribution in [0, 0.1) is 28.4 Å². The third-order valence-corrected chi connectivity index (χ3v) is 3.35.